The zero-order valence-corrected chi connectivity index (χ0v) is 14.6. The lowest BCUT2D eigenvalue weighted by atomic mass is 9.99. The average molecular weight is 328 g/mol. The molecule has 128 valence electrons. The Hall–Kier alpha value is -2.01. The highest BCUT2D eigenvalue weighted by Crippen LogP contribution is 2.26. The van der Waals surface area contributed by atoms with Crippen LogP contribution >= 0.6 is 0 Å². The Morgan fingerprint density at radius 3 is 2.83 bits per heavy atom. The minimum atomic E-state index is -0.229. The molecule has 1 N–H and O–H groups in total. The minimum Gasteiger partial charge on any atom is -0.354 e. The molecule has 1 fully saturated rings. The fourth-order valence-electron chi connectivity index (χ4n) is 3.33. The van der Waals surface area contributed by atoms with E-state index in [1.165, 1.54) is 19.4 Å². The van der Waals surface area contributed by atoms with Crippen LogP contribution in [0.15, 0.2) is 24.4 Å². The first-order valence-corrected chi connectivity index (χ1v) is 8.55. The Morgan fingerprint density at radius 2 is 2.12 bits per heavy atom. The third-order valence-corrected chi connectivity index (χ3v) is 4.67. The standard InChI is InChI=1S/C19H25FN4/c1-13-6-7-16(18(20)9-13)17-11-22-19(23-14(17)2)21-10-15-5-4-8-24(3)12-15/h6-7,9,11,15H,4-5,8,10,12H2,1-3H3,(H,21,22,23). The molecule has 1 aromatic carbocycles. The van der Waals surface area contributed by atoms with E-state index in [2.05, 4.69) is 27.2 Å². The molecule has 0 radical (unpaired) electrons. The number of halogens is 1. The molecular formula is C19H25FN4. The van der Waals surface area contributed by atoms with Crippen LogP contribution in [0, 0.1) is 25.6 Å². The van der Waals surface area contributed by atoms with Gasteiger partial charge in [-0.25, -0.2) is 14.4 Å². The van der Waals surface area contributed by atoms with Gasteiger partial charge in [-0.2, -0.15) is 0 Å². The number of aromatic nitrogens is 2. The summed E-state index contributed by atoms with van der Waals surface area (Å²) in [6, 6.07) is 5.24. The largest absolute Gasteiger partial charge is 0.354 e. The number of anilines is 1. The van der Waals surface area contributed by atoms with Gasteiger partial charge in [-0.15, -0.1) is 0 Å². The topological polar surface area (TPSA) is 41.1 Å². The molecule has 24 heavy (non-hydrogen) atoms. The average Bonchev–Trinajstić information content (AvgIpc) is 2.54. The van der Waals surface area contributed by atoms with Crippen molar-refractivity contribution in [2.45, 2.75) is 26.7 Å². The highest BCUT2D eigenvalue weighted by Gasteiger charge is 2.17. The second-order valence-electron chi connectivity index (χ2n) is 6.83. The number of hydrogen-bond donors (Lipinski definition) is 1. The van der Waals surface area contributed by atoms with Crippen molar-refractivity contribution >= 4 is 5.95 Å². The second-order valence-corrected chi connectivity index (χ2v) is 6.83. The molecule has 0 spiro atoms. The summed E-state index contributed by atoms with van der Waals surface area (Å²) in [4.78, 5) is 11.3. The number of nitrogens with zero attached hydrogens (tertiary/aromatic N) is 3. The van der Waals surface area contributed by atoms with Crippen LogP contribution in [0.25, 0.3) is 11.1 Å². The van der Waals surface area contributed by atoms with Gasteiger partial charge in [-0.1, -0.05) is 12.1 Å². The van der Waals surface area contributed by atoms with Gasteiger partial charge in [0.2, 0.25) is 5.95 Å². The van der Waals surface area contributed by atoms with Gasteiger partial charge >= 0.3 is 0 Å². The number of benzene rings is 1. The van der Waals surface area contributed by atoms with E-state index in [4.69, 9.17) is 0 Å². The zero-order valence-electron chi connectivity index (χ0n) is 14.6. The van der Waals surface area contributed by atoms with E-state index in [1.54, 1.807) is 18.3 Å². The van der Waals surface area contributed by atoms with Crippen molar-refractivity contribution in [2.24, 2.45) is 5.92 Å². The summed E-state index contributed by atoms with van der Waals surface area (Å²) < 4.78 is 14.2. The molecule has 1 aromatic heterocycles. The lowest BCUT2D eigenvalue weighted by Gasteiger charge is -2.29. The Kier molecular flexibility index (Phi) is 5.09. The van der Waals surface area contributed by atoms with E-state index < -0.39 is 0 Å². The second kappa shape index (κ2) is 7.26. The van der Waals surface area contributed by atoms with Gasteiger partial charge in [0, 0.05) is 30.4 Å². The molecule has 1 unspecified atom stereocenters. The molecule has 0 bridgehead atoms. The molecule has 1 atom stereocenters. The third-order valence-electron chi connectivity index (χ3n) is 4.67. The fraction of sp³-hybridized carbons (Fsp3) is 0.474. The van der Waals surface area contributed by atoms with Crippen LogP contribution in [0.2, 0.25) is 0 Å². The van der Waals surface area contributed by atoms with Crippen LogP contribution in [0.4, 0.5) is 10.3 Å². The zero-order chi connectivity index (χ0) is 17.1. The van der Waals surface area contributed by atoms with E-state index in [0.29, 0.717) is 17.4 Å². The van der Waals surface area contributed by atoms with Crippen molar-refractivity contribution in [3.05, 3.63) is 41.5 Å². The molecule has 0 aliphatic carbocycles. The third kappa shape index (κ3) is 3.90. The smallest absolute Gasteiger partial charge is 0.222 e. The molecule has 3 rings (SSSR count). The van der Waals surface area contributed by atoms with E-state index in [-0.39, 0.29) is 5.82 Å². The van der Waals surface area contributed by atoms with Crippen LogP contribution < -0.4 is 5.32 Å². The SMILES string of the molecule is Cc1ccc(-c2cnc(NCC3CCCN(C)C3)nc2C)c(F)c1. The highest BCUT2D eigenvalue weighted by atomic mass is 19.1. The summed E-state index contributed by atoms with van der Waals surface area (Å²) in [5.41, 5.74) is 3.00. The Bertz CT molecular complexity index is 717. The first-order valence-electron chi connectivity index (χ1n) is 8.55. The van der Waals surface area contributed by atoms with Crippen LogP contribution in [-0.4, -0.2) is 41.5 Å². The summed E-state index contributed by atoms with van der Waals surface area (Å²) in [7, 11) is 2.16. The number of piperidine rings is 1. The van der Waals surface area contributed by atoms with Gasteiger partial charge in [0.25, 0.3) is 0 Å². The summed E-state index contributed by atoms with van der Waals surface area (Å²) in [6.07, 6.45) is 4.20. The lowest BCUT2D eigenvalue weighted by molar-refractivity contribution is 0.217. The van der Waals surface area contributed by atoms with Crippen molar-refractivity contribution in [2.75, 3.05) is 32.0 Å². The Morgan fingerprint density at radius 1 is 1.29 bits per heavy atom. The molecule has 5 heteroatoms. The van der Waals surface area contributed by atoms with E-state index in [0.717, 1.165) is 29.9 Å². The van der Waals surface area contributed by atoms with Crippen LogP contribution in [-0.2, 0) is 0 Å². The number of hydrogen-bond acceptors (Lipinski definition) is 4. The molecular weight excluding hydrogens is 303 g/mol. The first-order chi connectivity index (χ1) is 11.5. The number of aryl methyl sites for hydroxylation is 2. The number of likely N-dealkylation sites (tertiary alicyclic amines) is 1. The summed E-state index contributed by atoms with van der Waals surface area (Å²) in [5, 5.41) is 3.34. The van der Waals surface area contributed by atoms with Crippen LogP contribution in [0.1, 0.15) is 24.1 Å². The van der Waals surface area contributed by atoms with Crippen LogP contribution in [0.5, 0.6) is 0 Å². The van der Waals surface area contributed by atoms with Crippen molar-refractivity contribution in [1.82, 2.24) is 14.9 Å². The molecule has 0 saturated carbocycles. The number of nitrogens with one attached hydrogen (secondary N) is 1. The fourth-order valence-corrected chi connectivity index (χ4v) is 3.33. The van der Waals surface area contributed by atoms with E-state index in [1.807, 2.05) is 19.9 Å². The van der Waals surface area contributed by atoms with Crippen molar-refractivity contribution in [1.29, 1.82) is 0 Å². The molecule has 2 aromatic rings. The van der Waals surface area contributed by atoms with Gasteiger partial charge in [0.15, 0.2) is 0 Å². The molecule has 1 aliphatic heterocycles. The Labute approximate surface area is 143 Å². The molecule has 4 nitrogen and oxygen atoms in total. The summed E-state index contributed by atoms with van der Waals surface area (Å²) in [6.45, 7) is 6.95. The predicted octanol–water partition coefficient (Wildman–Crippen LogP) is 3.65. The summed E-state index contributed by atoms with van der Waals surface area (Å²) >= 11 is 0. The quantitative estimate of drug-likeness (QED) is 0.930. The monoisotopic (exact) mass is 328 g/mol. The van der Waals surface area contributed by atoms with E-state index in [9.17, 15) is 4.39 Å². The lowest BCUT2D eigenvalue weighted by Crippen LogP contribution is -2.35. The van der Waals surface area contributed by atoms with Crippen molar-refractivity contribution < 1.29 is 4.39 Å². The number of rotatable bonds is 4. The van der Waals surface area contributed by atoms with Crippen LogP contribution in [0.3, 0.4) is 0 Å². The van der Waals surface area contributed by atoms with Gasteiger partial charge in [-0.3, -0.25) is 0 Å². The molecule has 0 amide bonds. The van der Waals surface area contributed by atoms with Gasteiger partial charge in [0.05, 0.1) is 5.69 Å². The minimum absolute atomic E-state index is 0.229. The maximum absolute atomic E-state index is 14.2. The molecule has 2 heterocycles. The maximum Gasteiger partial charge on any atom is 0.222 e. The normalized spacial score (nSPS) is 18.6. The van der Waals surface area contributed by atoms with Gasteiger partial charge < -0.3 is 10.2 Å². The van der Waals surface area contributed by atoms with Crippen molar-refractivity contribution in [3.63, 3.8) is 0 Å². The highest BCUT2D eigenvalue weighted by molar-refractivity contribution is 5.66. The van der Waals surface area contributed by atoms with Crippen molar-refractivity contribution in [3.8, 4) is 11.1 Å². The van der Waals surface area contributed by atoms with Gasteiger partial charge in [0.1, 0.15) is 5.82 Å². The summed E-state index contributed by atoms with van der Waals surface area (Å²) in [5.74, 6) is 1.02. The maximum atomic E-state index is 14.2. The molecule has 1 saturated heterocycles. The first kappa shape index (κ1) is 16.8. The predicted molar refractivity (Wildman–Crippen MR) is 95.6 cm³/mol. The molecule has 1 aliphatic rings. The van der Waals surface area contributed by atoms with Gasteiger partial charge in [-0.05, 0) is 57.8 Å². The Balaban J connectivity index is 1.70. The van der Waals surface area contributed by atoms with E-state index >= 15 is 0 Å².